The standard InChI is InChI=1S/C37H33Cl2FN2O3/c1-36(2,3)20-29-37(25-18-27(40)26(39)19-28(25)41-35(37)44)30(23-15-10-16-24(38)17-23)32-34(43)45-33(22-13-8-5-9-14-22)31(42(29)32)21-11-6-4-7-12-21/h4-19,29-33H,20H2,1-3H3,(H,41,44)/t29-,30+,31-,32-,33+,37+/m1/s1. The van der Waals surface area contributed by atoms with Crippen molar-refractivity contribution in [3.63, 3.8) is 0 Å². The molecule has 1 spiro atoms. The smallest absolute Gasteiger partial charge is 0.324 e. The topological polar surface area (TPSA) is 58.6 Å². The van der Waals surface area contributed by atoms with Gasteiger partial charge in [-0.25, -0.2) is 4.39 Å². The van der Waals surface area contributed by atoms with E-state index >= 15 is 4.39 Å². The highest BCUT2D eigenvalue weighted by Gasteiger charge is 2.72. The van der Waals surface area contributed by atoms with Crippen molar-refractivity contribution < 1.29 is 18.7 Å². The number of hydrogen-bond donors (Lipinski definition) is 1. The number of fused-ring (bicyclic) bond motifs is 3. The maximum Gasteiger partial charge on any atom is 0.324 e. The lowest BCUT2D eigenvalue weighted by Crippen LogP contribution is -2.54. The van der Waals surface area contributed by atoms with Gasteiger partial charge in [0, 0.05) is 22.7 Å². The van der Waals surface area contributed by atoms with Crippen LogP contribution in [0.5, 0.6) is 0 Å². The number of nitrogens with zero attached hydrogens (tertiary/aromatic N) is 1. The van der Waals surface area contributed by atoms with Gasteiger partial charge in [0.05, 0.1) is 11.1 Å². The number of anilines is 1. The van der Waals surface area contributed by atoms with Crippen LogP contribution in [0.3, 0.4) is 0 Å². The monoisotopic (exact) mass is 642 g/mol. The number of nitrogens with one attached hydrogen (secondary N) is 1. The Bertz CT molecular complexity index is 1790. The van der Waals surface area contributed by atoms with Crippen molar-refractivity contribution >= 4 is 40.8 Å². The van der Waals surface area contributed by atoms with Crippen LogP contribution in [0.4, 0.5) is 10.1 Å². The van der Waals surface area contributed by atoms with Gasteiger partial charge >= 0.3 is 5.97 Å². The molecular formula is C37H33Cl2FN2O3. The lowest BCUT2D eigenvalue weighted by Gasteiger charge is -2.47. The molecule has 230 valence electrons. The zero-order valence-corrected chi connectivity index (χ0v) is 26.6. The van der Waals surface area contributed by atoms with Gasteiger partial charge in [0.2, 0.25) is 5.91 Å². The number of esters is 1. The van der Waals surface area contributed by atoms with E-state index in [-0.39, 0.29) is 16.3 Å². The molecule has 0 bridgehead atoms. The number of hydrogen-bond acceptors (Lipinski definition) is 4. The fraction of sp³-hybridized carbons (Fsp3) is 0.297. The molecule has 4 aromatic carbocycles. The molecule has 6 atom stereocenters. The highest BCUT2D eigenvalue weighted by Crippen LogP contribution is 2.64. The molecule has 0 unspecified atom stereocenters. The average Bonchev–Trinajstić information content (AvgIpc) is 3.45. The number of cyclic esters (lactones) is 1. The van der Waals surface area contributed by atoms with Crippen LogP contribution in [0.2, 0.25) is 10.0 Å². The predicted octanol–water partition coefficient (Wildman–Crippen LogP) is 8.63. The van der Waals surface area contributed by atoms with Crippen LogP contribution in [-0.2, 0) is 19.7 Å². The van der Waals surface area contributed by atoms with Crippen LogP contribution in [0.25, 0.3) is 0 Å². The molecule has 5 nitrogen and oxygen atoms in total. The minimum atomic E-state index is -1.37. The summed E-state index contributed by atoms with van der Waals surface area (Å²) in [5.74, 6) is -2.11. The zero-order valence-electron chi connectivity index (χ0n) is 25.1. The molecule has 0 aromatic heterocycles. The van der Waals surface area contributed by atoms with Gasteiger partial charge in [-0.2, -0.15) is 0 Å². The van der Waals surface area contributed by atoms with Crippen LogP contribution >= 0.6 is 23.2 Å². The lowest BCUT2D eigenvalue weighted by atomic mass is 9.62. The van der Waals surface area contributed by atoms with Gasteiger partial charge in [-0.3, -0.25) is 14.5 Å². The van der Waals surface area contributed by atoms with Gasteiger partial charge in [-0.05, 0) is 58.4 Å². The second kappa shape index (κ2) is 11.0. The summed E-state index contributed by atoms with van der Waals surface area (Å²) in [5.41, 5.74) is 1.77. The van der Waals surface area contributed by atoms with E-state index in [9.17, 15) is 9.59 Å². The molecule has 2 saturated heterocycles. The third-order valence-corrected chi connectivity index (χ3v) is 10.0. The Labute approximate surface area is 272 Å². The number of amides is 1. The van der Waals surface area contributed by atoms with Crippen molar-refractivity contribution in [2.75, 3.05) is 5.32 Å². The second-order valence-electron chi connectivity index (χ2n) is 13.5. The summed E-state index contributed by atoms with van der Waals surface area (Å²) in [4.78, 5) is 31.6. The minimum absolute atomic E-state index is 0.0841. The highest BCUT2D eigenvalue weighted by atomic mass is 35.5. The van der Waals surface area contributed by atoms with Crippen LogP contribution in [-0.4, -0.2) is 28.9 Å². The zero-order chi connectivity index (χ0) is 31.7. The second-order valence-corrected chi connectivity index (χ2v) is 14.3. The summed E-state index contributed by atoms with van der Waals surface area (Å²) < 4.78 is 21.9. The molecule has 0 radical (unpaired) electrons. The molecule has 7 rings (SSSR count). The van der Waals surface area contributed by atoms with E-state index in [1.165, 1.54) is 12.1 Å². The minimum Gasteiger partial charge on any atom is -0.454 e. The molecule has 3 aliphatic rings. The third-order valence-electron chi connectivity index (χ3n) is 9.52. The fourth-order valence-corrected chi connectivity index (χ4v) is 8.32. The van der Waals surface area contributed by atoms with Gasteiger partial charge in [0.1, 0.15) is 23.4 Å². The van der Waals surface area contributed by atoms with Crippen LogP contribution in [0.15, 0.2) is 97.1 Å². The van der Waals surface area contributed by atoms with E-state index in [2.05, 4.69) is 31.0 Å². The molecule has 8 heteroatoms. The molecule has 4 aromatic rings. The molecule has 1 amide bonds. The molecular weight excluding hydrogens is 610 g/mol. The number of carbonyl (C=O) groups is 2. The van der Waals surface area contributed by atoms with E-state index in [1.54, 1.807) is 12.1 Å². The Morgan fingerprint density at radius 1 is 0.844 bits per heavy atom. The summed E-state index contributed by atoms with van der Waals surface area (Å²) in [5, 5.41) is 3.44. The molecule has 0 aliphatic carbocycles. The van der Waals surface area contributed by atoms with Crippen molar-refractivity contribution in [2.45, 2.75) is 62.8 Å². The maximum atomic E-state index is 15.5. The SMILES string of the molecule is CC(C)(C)C[C@H]1N2[C@H](c3ccccc3)[C@H](c3ccccc3)OC(=O)[C@H]2[C@H](c2cccc(Cl)c2)[C@@]12C(=O)Nc1cc(Cl)c(F)cc12. The first-order valence-electron chi connectivity index (χ1n) is 15.1. The summed E-state index contributed by atoms with van der Waals surface area (Å²) in [6, 6.07) is 27.9. The Hall–Kier alpha value is -3.71. The van der Waals surface area contributed by atoms with Crippen molar-refractivity contribution in [3.8, 4) is 0 Å². The van der Waals surface area contributed by atoms with Crippen molar-refractivity contribution in [1.82, 2.24) is 4.90 Å². The summed E-state index contributed by atoms with van der Waals surface area (Å²) in [6.45, 7) is 6.35. The lowest BCUT2D eigenvalue weighted by molar-refractivity contribution is -0.176. The maximum absolute atomic E-state index is 15.5. The summed E-state index contributed by atoms with van der Waals surface area (Å²) in [6.07, 6.45) is -0.128. The van der Waals surface area contributed by atoms with Crippen molar-refractivity contribution in [1.29, 1.82) is 0 Å². The quantitative estimate of drug-likeness (QED) is 0.226. The molecule has 3 aliphatic heterocycles. The van der Waals surface area contributed by atoms with E-state index < -0.39 is 47.3 Å². The molecule has 1 N–H and O–H groups in total. The summed E-state index contributed by atoms with van der Waals surface area (Å²) in [7, 11) is 0. The van der Waals surface area contributed by atoms with Crippen molar-refractivity contribution in [2.24, 2.45) is 5.41 Å². The fourth-order valence-electron chi connectivity index (χ4n) is 7.96. The van der Waals surface area contributed by atoms with Gasteiger partial charge in [0.25, 0.3) is 0 Å². The normalized spacial score (nSPS) is 27.6. The Morgan fingerprint density at radius 2 is 1.49 bits per heavy atom. The molecule has 2 fully saturated rings. The molecule has 45 heavy (non-hydrogen) atoms. The van der Waals surface area contributed by atoms with E-state index in [4.69, 9.17) is 27.9 Å². The largest absolute Gasteiger partial charge is 0.454 e. The third kappa shape index (κ3) is 4.77. The average molecular weight is 644 g/mol. The Balaban J connectivity index is 1.57. The van der Waals surface area contributed by atoms with Gasteiger partial charge < -0.3 is 10.1 Å². The number of morpholine rings is 1. The van der Waals surface area contributed by atoms with Crippen LogP contribution < -0.4 is 5.32 Å². The number of ether oxygens (including phenoxy) is 1. The molecule has 3 heterocycles. The van der Waals surface area contributed by atoms with Gasteiger partial charge in [-0.15, -0.1) is 0 Å². The number of halogens is 3. The first kappa shape index (κ1) is 30.0. The van der Waals surface area contributed by atoms with Crippen molar-refractivity contribution in [3.05, 3.63) is 135 Å². The molecule has 0 saturated carbocycles. The van der Waals surface area contributed by atoms with E-state index in [1.807, 2.05) is 72.8 Å². The Kier molecular flexibility index (Phi) is 7.31. The predicted molar refractivity (Wildman–Crippen MR) is 174 cm³/mol. The summed E-state index contributed by atoms with van der Waals surface area (Å²) >= 11 is 12.8. The first-order valence-corrected chi connectivity index (χ1v) is 15.9. The van der Waals surface area contributed by atoms with E-state index in [0.717, 1.165) is 11.1 Å². The Morgan fingerprint density at radius 3 is 2.13 bits per heavy atom. The number of benzene rings is 4. The highest BCUT2D eigenvalue weighted by molar-refractivity contribution is 6.31. The first-order chi connectivity index (χ1) is 21.5. The van der Waals surface area contributed by atoms with Crippen LogP contribution in [0.1, 0.15) is 67.5 Å². The van der Waals surface area contributed by atoms with E-state index in [0.29, 0.717) is 28.3 Å². The number of rotatable bonds is 4. The number of carbonyl (C=O) groups excluding carboxylic acids is 2. The van der Waals surface area contributed by atoms with Crippen LogP contribution in [0, 0.1) is 11.2 Å². The van der Waals surface area contributed by atoms with Gasteiger partial charge in [0.15, 0.2) is 0 Å². The van der Waals surface area contributed by atoms with Gasteiger partial charge in [-0.1, -0.05) is 117 Å².